The summed E-state index contributed by atoms with van der Waals surface area (Å²) in [6, 6.07) is 14.0. The van der Waals surface area contributed by atoms with Crippen LogP contribution in [-0.4, -0.2) is 22.4 Å². The molecule has 0 amide bonds. The van der Waals surface area contributed by atoms with E-state index in [1.165, 1.54) is 3.97 Å². The summed E-state index contributed by atoms with van der Waals surface area (Å²) in [5.41, 5.74) is 8.48. The second kappa shape index (κ2) is 6.47. The van der Waals surface area contributed by atoms with Crippen LogP contribution >= 0.6 is 15.9 Å². The minimum atomic E-state index is -3.78. The Morgan fingerprint density at radius 2 is 1.81 bits per heavy atom. The van der Waals surface area contributed by atoms with Crippen LogP contribution in [0.15, 0.2) is 70.3 Å². The van der Waals surface area contributed by atoms with Crippen LogP contribution in [0.2, 0.25) is 0 Å². The normalized spacial score (nSPS) is 11.8. The van der Waals surface area contributed by atoms with E-state index in [4.69, 9.17) is 5.73 Å². The topological polar surface area (TPSA) is 90.9 Å². The molecule has 27 heavy (non-hydrogen) atoms. The number of hydrogen-bond donors (Lipinski definition) is 1. The molecule has 8 heteroatoms. The number of nitrogens with two attached hydrogens (primary N) is 1. The Balaban J connectivity index is 2.01. The van der Waals surface area contributed by atoms with E-state index in [2.05, 4.69) is 25.9 Å². The molecular formula is C19H15BrN4O2S. The first-order valence-corrected chi connectivity index (χ1v) is 10.3. The Hall–Kier alpha value is -2.71. The Bertz CT molecular complexity index is 1260. The molecule has 0 saturated carbocycles. The molecule has 0 aliphatic rings. The van der Waals surface area contributed by atoms with Crippen molar-refractivity contribution in [1.82, 2.24) is 13.9 Å². The number of nitrogens with zero attached hydrogens (tertiary/aromatic N) is 3. The lowest BCUT2D eigenvalue weighted by Crippen LogP contribution is -2.11. The summed E-state index contributed by atoms with van der Waals surface area (Å²) in [6.45, 7) is 1.91. The van der Waals surface area contributed by atoms with E-state index in [0.717, 1.165) is 15.4 Å². The Morgan fingerprint density at radius 1 is 1.07 bits per heavy atom. The number of nitrogen functional groups attached to an aromatic ring is 1. The van der Waals surface area contributed by atoms with E-state index in [1.807, 2.05) is 19.1 Å². The highest BCUT2D eigenvalue weighted by Gasteiger charge is 2.22. The molecule has 2 aromatic carbocycles. The molecule has 2 N–H and O–H groups in total. The maximum atomic E-state index is 13.3. The van der Waals surface area contributed by atoms with Crippen LogP contribution in [-0.2, 0) is 10.0 Å². The quantitative estimate of drug-likeness (QED) is 0.517. The summed E-state index contributed by atoms with van der Waals surface area (Å²) >= 11 is 3.42. The zero-order valence-corrected chi connectivity index (χ0v) is 16.7. The van der Waals surface area contributed by atoms with Crippen LogP contribution in [0.4, 0.5) is 5.95 Å². The van der Waals surface area contributed by atoms with E-state index >= 15 is 0 Å². The Morgan fingerprint density at radius 3 is 2.52 bits per heavy atom. The van der Waals surface area contributed by atoms with Gasteiger partial charge in [-0.25, -0.2) is 22.4 Å². The molecule has 136 valence electrons. The highest BCUT2D eigenvalue weighted by Crippen LogP contribution is 2.33. The van der Waals surface area contributed by atoms with Crippen molar-refractivity contribution in [2.75, 3.05) is 5.73 Å². The molecule has 0 saturated heterocycles. The van der Waals surface area contributed by atoms with Crippen LogP contribution in [0.3, 0.4) is 0 Å². The lowest BCUT2D eigenvalue weighted by atomic mass is 10.1. The standard InChI is InChI=1S/C19H15BrN4O2S/c1-12-2-5-14(6-3-12)27(25,26)24-11-16(17-8-9-22-19(21)23-17)15-7-4-13(20)10-18(15)24/h2-11H,1H3,(H2,21,22,23). The van der Waals surface area contributed by atoms with Crippen molar-refractivity contribution in [3.05, 3.63) is 71.0 Å². The van der Waals surface area contributed by atoms with Crippen molar-refractivity contribution in [3.63, 3.8) is 0 Å². The monoisotopic (exact) mass is 442 g/mol. The summed E-state index contributed by atoms with van der Waals surface area (Å²) < 4.78 is 28.6. The molecule has 0 fully saturated rings. The average Bonchev–Trinajstić information content (AvgIpc) is 3.01. The van der Waals surface area contributed by atoms with Gasteiger partial charge >= 0.3 is 0 Å². The number of anilines is 1. The molecule has 0 aliphatic carbocycles. The van der Waals surface area contributed by atoms with Gasteiger partial charge in [0.15, 0.2) is 0 Å². The fourth-order valence-electron chi connectivity index (χ4n) is 2.92. The zero-order valence-electron chi connectivity index (χ0n) is 14.3. The summed E-state index contributed by atoms with van der Waals surface area (Å²) in [7, 11) is -3.78. The fraction of sp³-hybridized carbons (Fsp3) is 0.0526. The maximum absolute atomic E-state index is 13.3. The fourth-order valence-corrected chi connectivity index (χ4v) is 4.63. The third-order valence-corrected chi connectivity index (χ3v) is 6.44. The van der Waals surface area contributed by atoms with Gasteiger partial charge in [0.2, 0.25) is 5.95 Å². The predicted octanol–water partition coefficient (Wildman–Crippen LogP) is 3.99. The first-order valence-electron chi connectivity index (χ1n) is 8.08. The largest absolute Gasteiger partial charge is 0.368 e. The highest BCUT2D eigenvalue weighted by atomic mass is 79.9. The molecule has 0 radical (unpaired) electrons. The summed E-state index contributed by atoms with van der Waals surface area (Å²) in [5, 5.41) is 0.756. The molecule has 0 aliphatic heterocycles. The molecular weight excluding hydrogens is 428 g/mol. The molecule has 2 aromatic heterocycles. The highest BCUT2D eigenvalue weighted by molar-refractivity contribution is 9.10. The summed E-state index contributed by atoms with van der Waals surface area (Å²) in [4.78, 5) is 8.37. The average molecular weight is 443 g/mol. The SMILES string of the molecule is Cc1ccc(S(=O)(=O)n2cc(-c3ccnc(N)n3)c3ccc(Br)cc32)cc1. The van der Waals surface area contributed by atoms with Crippen molar-refractivity contribution in [2.45, 2.75) is 11.8 Å². The van der Waals surface area contributed by atoms with Crippen LogP contribution in [0.1, 0.15) is 5.56 Å². The van der Waals surface area contributed by atoms with Gasteiger partial charge < -0.3 is 5.73 Å². The predicted molar refractivity (Wildman–Crippen MR) is 109 cm³/mol. The molecule has 6 nitrogen and oxygen atoms in total. The number of hydrogen-bond acceptors (Lipinski definition) is 5. The van der Waals surface area contributed by atoms with E-state index < -0.39 is 10.0 Å². The van der Waals surface area contributed by atoms with Crippen molar-refractivity contribution < 1.29 is 8.42 Å². The second-order valence-electron chi connectivity index (χ2n) is 6.12. The molecule has 4 rings (SSSR count). The van der Waals surface area contributed by atoms with E-state index in [1.54, 1.807) is 48.8 Å². The summed E-state index contributed by atoms with van der Waals surface area (Å²) in [5.74, 6) is 0.131. The molecule has 0 spiro atoms. The second-order valence-corrected chi connectivity index (χ2v) is 8.85. The van der Waals surface area contributed by atoms with Crippen molar-refractivity contribution >= 4 is 42.8 Å². The molecule has 2 heterocycles. The summed E-state index contributed by atoms with van der Waals surface area (Å²) in [6.07, 6.45) is 3.13. The first-order chi connectivity index (χ1) is 12.9. The lowest BCUT2D eigenvalue weighted by Gasteiger charge is -2.08. The number of aromatic nitrogens is 3. The number of fused-ring (bicyclic) bond motifs is 1. The van der Waals surface area contributed by atoms with Gasteiger partial charge in [-0.1, -0.05) is 39.7 Å². The number of halogens is 1. The van der Waals surface area contributed by atoms with Crippen molar-refractivity contribution in [2.24, 2.45) is 0 Å². The van der Waals surface area contributed by atoms with Gasteiger partial charge in [0.1, 0.15) is 0 Å². The number of rotatable bonds is 3. The van der Waals surface area contributed by atoms with Gasteiger partial charge in [-0.2, -0.15) is 0 Å². The lowest BCUT2D eigenvalue weighted by molar-refractivity contribution is 0.589. The van der Waals surface area contributed by atoms with E-state index in [-0.39, 0.29) is 10.8 Å². The minimum Gasteiger partial charge on any atom is -0.368 e. The van der Waals surface area contributed by atoms with Crippen molar-refractivity contribution in [3.8, 4) is 11.3 Å². The Kier molecular flexibility index (Phi) is 4.24. The van der Waals surface area contributed by atoms with Crippen LogP contribution < -0.4 is 5.73 Å². The van der Waals surface area contributed by atoms with Gasteiger partial charge in [-0.15, -0.1) is 0 Å². The minimum absolute atomic E-state index is 0.131. The smallest absolute Gasteiger partial charge is 0.268 e. The van der Waals surface area contributed by atoms with E-state index in [9.17, 15) is 8.42 Å². The number of benzene rings is 2. The Labute approximate surface area is 164 Å². The molecule has 0 unspecified atom stereocenters. The molecule has 0 atom stereocenters. The first kappa shape index (κ1) is 17.7. The van der Waals surface area contributed by atoms with Crippen LogP contribution in [0, 0.1) is 6.92 Å². The van der Waals surface area contributed by atoms with Crippen LogP contribution in [0.5, 0.6) is 0 Å². The van der Waals surface area contributed by atoms with Gasteiger partial charge in [0.05, 0.1) is 16.1 Å². The van der Waals surface area contributed by atoms with Gasteiger partial charge in [-0.3, -0.25) is 0 Å². The van der Waals surface area contributed by atoms with E-state index in [0.29, 0.717) is 16.8 Å². The maximum Gasteiger partial charge on any atom is 0.268 e. The molecule has 4 aromatic rings. The van der Waals surface area contributed by atoms with Crippen molar-refractivity contribution in [1.29, 1.82) is 0 Å². The van der Waals surface area contributed by atoms with Gasteiger partial charge in [0, 0.05) is 27.8 Å². The van der Waals surface area contributed by atoms with Gasteiger partial charge in [0.25, 0.3) is 10.0 Å². The third kappa shape index (κ3) is 3.11. The third-order valence-electron chi connectivity index (χ3n) is 4.26. The molecule has 0 bridgehead atoms. The zero-order chi connectivity index (χ0) is 19.2. The van der Waals surface area contributed by atoms with Crippen LogP contribution in [0.25, 0.3) is 22.2 Å². The number of aryl methyl sites for hydroxylation is 1. The van der Waals surface area contributed by atoms with Gasteiger partial charge in [-0.05, 0) is 37.3 Å².